The minimum atomic E-state index is 0.756. The molecule has 0 atom stereocenters. The topological polar surface area (TPSA) is 51.8 Å². The third-order valence-electron chi connectivity index (χ3n) is 0.914. The van der Waals surface area contributed by atoms with Crippen molar-refractivity contribution in [1.29, 1.82) is 0 Å². The van der Waals surface area contributed by atoms with Gasteiger partial charge in [0, 0.05) is 5.75 Å². The molecule has 10 heavy (non-hydrogen) atoms. The first kappa shape index (κ1) is 7.97. The lowest BCUT2D eigenvalue weighted by Crippen LogP contribution is -1.99. The van der Waals surface area contributed by atoms with E-state index in [2.05, 4.69) is 10.2 Å². The Morgan fingerprint density at radius 2 is 2.60 bits per heavy atom. The van der Waals surface area contributed by atoms with Crippen molar-refractivity contribution >= 4 is 23.1 Å². The molecule has 1 heterocycles. The van der Waals surface area contributed by atoms with Gasteiger partial charge in [-0.1, -0.05) is 23.1 Å². The van der Waals surface area contributed by atoms with Gasteiger partial charge in [-0.25, -0.2) is 0 Å². The van der Waals surface area contributed by atoms with Crippen LogP contribution in [0.2, 0.25) is 0 Å². The highest BCUT2D eigenvalue weighted by Gasteiger charge is 1.94. The first-order valence-electron chi connectivity index (χ1n) is 3.02. The van der Waals surface area contributed by atoms with Crippen LogP contribution in [0.5, 0.6) is 0 Å². The van der Waals surface area contributed by atoms with E-state index in [9.17, 15) is 0 Å². The summed E-state index contributed by atoms with van der Waals surface area (Å²) in [5.41, 5.74) is 7.06. The molecule has 0 bridgehead atoms. The largest absolute Gasteiger partial charge is 0.330 e. The van der Waals surface area contributed by atoms with Gasteiger partial charge in [0.25, 0.3) is 0 Å². The fourth-order valence-electron chi connectivity index (χ4n) is 0.469. The van der Waals surface area contributed by atoms with Gasteiger partial charge in [0.1, 0.15) is 5.51 Å². The first-order chi connectivity index (χ1) is 4.93. The van der Waals surface area contributed by atoms with E-state index in [0.29, 0.717) is 0 Å². The van der Waals surface area contributed by atoms with Crippen LogP contribution in [0.15, 0.2) is 9.85 Å². The molecular weight excluding hydrogens is 166 g/mol. The van der Waals surface area contributed by atoms with E-state index in [1.165, 1.54) is 0 Å². The minimum absolute atomic E-state index is 0.756. The van der Waals surface area contributed by atoms with Crippen molar-refractivity contribution in [3.63, 3.8) is 0 Å². The summed E-state index contributed by atoms with van der Waals surface area (Å²) in [4.78, 5) is 0. The SMILES string of the molecule is NCCCSc1nncs1. The average Bonchev–Trinajstić information content (AvgIpc) is 2.41. The van der Waals surface area contributed by atoms with Crippen LogP contribution in [0.3, 0.4) is 0 Å². The standard InChI is InChI=1S/C5H9N3S2/c6-2-1-3-9-5-8-7-4-10-5/h4H,1-3,6H2. The van der Waals surface area contributed by atoms with Crippen molar-refractivity contribution in [3.05, 3.63) is 5.51 Å². The molecule has 1 aromatic heterocycles. The molecule has 0 aliphatic heterocycles. The summed E-state index contributed by atoms with van der Waals surface area (Å²) < 4.78 is 1.04. The average molecular weight is 175 g/mol. The number of nitrogens with two attached hydrogens (primary N) is 1. The van der Waals surface area contributed by atoms with Gasteiger partial charge >= 0.3 is 0 Å². The molecule has 0 fully saturated rings. The molecule has 1 rings (SSSR count). The lowest BCUT2D eigenvalue weighted by molar-refractivity contribution is 0.939. The highest BCUT2D eigenvalue weighted by molar-refractivity contribution is 8.00. The molecule has 0 aromatic carbocycles. The van der Waals surface area contributed by atoms with Gasteiger partial charge in [0.05, 0.1) is 0 Å². The zero-order valence-electron chi connectivity index (χ0n) is 5.49. The summed E-state index contributed by atoms with van der Waals surface area (Å²) in [5, 5.41) is 7.60. The van der Waals surface area contributed by atoms with Crippen molar-refractivity contribution < 1.29 is 0 Å². The fraction of sp³-hybridized carbons (Fsp3) is 0.600. The molecule has 0 spiro atoms. The van der Waals surface area contributed by atoms with Gasteiger partial charge in [-0.2, -0.15) is 0 Å². The van der Waals surface area contributed by atoms with Gasteiger partial charge in [-0.15, -0.1) is 10.2 Å². The van der Waals surface area contributed by atoms with Gasteiger partial charge in [-0.05, 0) is 13.0 Å². The van der Waals surface area contributed by atoms with Gasteiger partial charge < -0.3 is 5.73 Å². The maximum atomic E-state index is 5.32. The summed E-state index contributed by atoms with van der Waals surface area (Å²) in [5.74, 6) is 1.05. The van der Waals surface area contributed by atoms with Gasteiger partial charge in [0.2, 0.25) is 0 Å². The maximum absolute atomic E-state index is 5.32. The van der Waals surface area contributed by atoms with E-state index < -0.39 is 0 Å². The van der Waals surface area contributed by atoms with Crippen LogP contribution in [-0.4, -0.2) is 22.5 Å². The number of nitrogens with zero attached hydrogens (tertiary/aromatic N) is 2. The predicted octanol–water partition coefficient (Wildman–Crippen LogP) is 0.979. The number of hydrogen-bond donors (Lipinski definition) is 1. The van der Waals surface area contributed by atoms with Gasteiger partial charge in [-0.3, -0.25) is 0 Å². The molecule has 0 aliphatic carbocycles. The molecule has 3 nitrogen and oxygen atoms in total. The molecule has 1 aromatic rings. The Bertz CT molecular complexity index is 163. The lowest BCUT2D eigenvalue weighted by Gasteiger charge is -1.91. The molecule has 56 valence electrons. The second kappa shape index (κ2) is 4.65. The van der Waals surface area contributed by atoms with Crippen LogP contribution < -0.4 is 5.73 Å². The molecule has 0 saturated heterocycles. The number of rotatable bonds is 4. The van der Waals surface area contributed by atoms with Crippen LogP contribution in [0, 0.1) is 0 Å². The minimum Gasteiger partial charge on any atom is -0.330 e. The van der Waals surface area contributed by atoms with E-state index in [1.807, 2.05) is 0 Å². The zero-order chi connectivity index (χ0) is 7.23. The Hall–Kier alpha value is -0.130. The summed E-state index contributed by atoms with van der Waals surface area (Å²) in [7, 11) is 0. The fourth-order valence-corrected chi connectivity index (χ4v) is 1.99. The Balaban J connectivity index is 2.15. The Morgan fingerprint density at radius 3 is 3.20 bits per heavy atom. The number of thioether (sulfide) groups is 1. The number of hydrogen-bond acceptors (Lipinski definition) is 5. The quantitative estimate of drug-likeness (QED) is 0.547. The Labute approximate surface area is 68.0 Å². The molecular formula is C5H9N3S2. The van der Waals surface area contributed by atoms with Crippen LogP contribution in [0.25, 0.3) is 0 Å². The van der Waals surface area contributed by atoms with Crippen molar-refractivity contribution in [2.45, 2.75) is 10.8 Å². The van der Waals surface area contributed by atoms with Crippen molar-refractivity contribution in [2.75, 3.05) is 12.3 Å². The third-order valence-corrected chi connectivity index (χ3v) is 2.86. The monoisotopic (exact) mass is 175 g/mol. The molecule has 2 N–H and O–H groups in total. The zero-order valence-corrected chi connectivity index (χ0v) is 7.12. The molecule has 5 heteroatoms. The third kappa shape index (κ3) is 2.64. The lowest BCUT2D eigenvalue weighted by atomic mass is 10.5. The summed E-state index contributed by atoms with van der Waals surface area (Å²) >= 11 is 3.29. The highest BCUT2D eigenvalue weighted by Crippen LogP contribution is 2.18. The first-order valence-corrected chi connectivity index (χ1v) is 4.89. The second-order valence-electron chi connectivity index (χ2n) is 1.70. The van der Waals surface area contributed by atoms with Crippen LogP contribution in [0.1, 0.15) is 6.42 Å². The van der Waals surface area contributed by atoms with Crippen LogP contribution in [0.4, 0.5) is 0 Å². The molecule has 0 amide bonds. The Morgan fingerprint density at radius 1 is 1.70 bits per heavy atom. The van der Waals surface area contributed by atoms with E-state index in [-0.39, 0.29) is 0 Å². The van der Waals surface area contributed by atoms with E-state index in [1.54, 1.807) is 28.6 Å². The summed E-state index contributed by atoms with van der Waals surface area (Å²) in [6.07, 6.45) is 1.05. The van der Waals surface area contributed by atoms with Gasteiger partial charge in [0.15, 0.2) is 4.34 Å². The predicted molar refractivity (Wildman–Crippen MR) is 44.3 cm³/mol. The van der Waals surface area contributed by atoms with Crippen molar-refractivity contribution in [2.24, 2.45) is 5.73 Å². The molecule has 0 aliphatic rings. The number of aromatic nitrogens is 2. The molecule has 0 saturated carbocycles. The van der Waals surface area contributed by atoms with Crippen LogP contribution >= 0.6 is 23.1 Å². The maximum Gasteiger partial charge on any atom is 0.174 e. The van der Waals surface area contributed by atoms with E-state index in [4.69, 9.17) is 5.73 Å². The van der Waals surface area contributed by atoms with Crippen molar-refractivity contribution in [1.82, 2.24) is 10.2 Å². The summed E-state index contributed by atoms with van der Waals surface area (Å²) in [6, 6.07) is 0. The molecule has 0 radical (unpaired) electrons. The van der Waals surface area contributed by atoms with E-state index in [0.717, 1.165) is 23.1 Å². The van der Waals surface area contributed by atoms with Crippen LogP contribution in [-0.2, 0) is 0 Å². The second-order valence-corrected chi connectivity index (χ2v) is 3.87. The Kier molecular flexibility index (Phi) is 3.71. The smallest absolute Gasteiger partial charge is 0.174 e. The summed E-state index contributed by atoms with van der Waals surface area (Å²) in [6.45, 7) is 0.756. The normalized spacial score (nSPS) is 10.1. The van der Waals surface area contributed by atoms with E-state index >= 15 is 0 Å². The molecule has 0 unspecified atom stereocenters. The highest BCUT2D eigenvalue weighted by atomic mass is 32.2. The van der Waals surface area contributed by atoms with Crippen molar-refractivity contribution in [3.8, 4) is 0 Å².